The number of halogens is 3. The van der Waals surface area contributed by atoms with Crippen LogP contribution in [-0.4, -0.2) is 11.7 Å². The number of benzene rings is 2. The molecule has 0 spiro atoms. The van der Waals surface area contributed by atoms with Gasteiger partial charge in [0.15, 0.2) is 0 Å². The number of aliphatic hydroxyl groups is 1. The second kappa shape index (κ2) is 6.68. The topological polar surface area (TPSA) is 46.2 Å². The smallest absolute Gasteiger partial charge is 0.142 e. The van der Waals surface area contributed by atoms with Crippen LogP contribution in [0.3, 0.4) is 0 Å². The third-order valence-corrected chi connectivity index (χ3v) is 4.36. The molecule has 0 aliphatic heterocycles. The summed E-state index contributed by atoms with van der Waals surface area (Å²) in [5.41, 5.74) is 6.99. The largest absolute Gasteiger partial charge is 0.388 e. The van der Waals surface area contributed by atoms with E-state index in [4.69, 9.17) is 17.3 Å². The van der Waals surface area contributed by atoms with Crippen molar-refractivity contribution in [2.24, 2.45) is 5.73 Å². The van der Waals surface area contributed by atoms with E-state index in [1.54, 1.807) is 6.07 Å². The second-order valence-electron chi connectivity index (χ2n) is 4.45. The number of hydrogen-bond acceptors (Lipinski definition) is 2. The highest BCUT2D eigenvalue weighted by atomic mass is 79.9. The van der Waals surface area contributed by atoms with E-state index in [1.807, 2.05) is 24.3 Å². The summed E-state index contributed by atoms with van der Waals surface area (Å²) in [5, 5.41) is 10.4. The maximum absolute atomic E-state index is 13.5. The first-order valence-electron chi connectivity index (χ1n) is 6.12. The summed E-state index contributed by atoms with van der Waals surface area (Å²) in [4.78, 5) is 0. The van der Waals surface area contributed by atoms with E-state index in [0.29, 0.717) is 5.56 Å². The Morgan fingerprint density at radius 1 is 1.15 bits per heavy atom. The first-order chi connectivity index (χ1) is 9.56. The van der Waals surface area contributed by atoms with Crippen molar-refractivity contribution in [2.45, 2.75) is 12.0 Å². The van der Waals surface area contributed by atoms with Crippen LogP contribution in [0.15, 0.2) is 46.9 Å². The first kappa shape index (κ1) is 15.4. The lowest BCUT2D eigenvalue weighted by atomic mass is 9.89. The van der Waals surface area contributed by atoms with Crippen molar-refractivity contribution in [3.05, 3.63) is 68.9 Å². The number of nitrogens with two attached hydrogens (primary N) is 1. The fraction of sp³-hybridized carbons (Fsp3) is 0.200. The zero-order valence-electron chi connectivity index (χ0n) is 10.6. The molecule has 2 aromatic rings. The van der Waals surface area contributed by atoms with Crippen molar-refractivity contribution < 1.29 is 9.50 Å². The Kier molecular flexibility index (Phi) is 5.16. The van der Waals surface area contributed by atoms with Gasteiger partial charge in [-0.3, -0.25) is 0 Å². The van der Waals surface area contributed by atoms with Crippen LogP contribution in [-0.2, 0) is 0 Å². The van der Waals surface area contributed by atoms with E-state index in [2.05, 4.69) is 15.9 Å². The van der Waals surface area contributed by atoms with E-state index < -0.39 is 11.9 Å². The Hall–Kier alpha value is -0.940. The number of aliphatic hydroxyl groups excluding tert-OH is 1. The summed E-state index contributed by atoms with van der Waals surface area (Å²) >= 11 is 9.37. The van der Waals surface area contributed by atoms with E-state index in [1.165, 1.54) is 12.1 Å². The van der Waals surface area contributed by atoms with Crippen molar-refractivity contribution in [1.82, 2.24) is 0 Å². The molecule has 0 aliphatic carbocycles. The zero-order valence-corrected chi connectivity index (χ0v) is 12.9. The minimum absolute atomic E-state index is 0.0643. The SMILES string of the molecule is NCC(c1ccccc1Br)C(O)c1cccc(F)c1Cl. The summed E-state index contributed by atoms with van der Waals surface area (Å²) in [6.45, 7) is 0.219. The maximum atomic E-state index is 13.5. The highest BCUT2D eigenvalue weighted by molar-refractivity contribution is 9.10. The number of hydrogen-bond donors (Lipinski definition) is 2. The van der Waals surface area contributed by atoms with Gasteiger partial charge in [0, 0.05) is 22.5 Å². The second-order valence-corrected chi connectivity index (χ2v) is 5.68. The average molecular weight is 359 g/mol. The van der Waals surface area contributed by atoms with E-state index >= 15 is 0 Å². The fourth-order valence-corrected chi connectivity index (χ4v) is 2.98. The molecule has 0 saturated heterocycles. The minimum atomic E-state index is -0.970. The van der Waals surface area contributed by atoms with Crippen LogP contribution in [0.4, 0.5) is 4.39 Å². The summed E-state index contributed by atoms with van der Waals surface area (Å²) in [6, 6.07) is 11.9. The average Bonchev–Trinajstić information content (AvgIpc) is 2.44. The van der Waals surface area contributed by atoms with Gasteiger partial charge in [-0.1, -0.05) is 57.9 Å². The lowest BCUT2D eigenvalue weighted by Gasteiger charge is -2.24. The zero-order chi connectivity index (χ0) is 14.7. The van der Waals surface area contributed by atoms with Gasteiger partial charge in [-0.05, 0) is 17.7 Å². The van der Waals surface area contributed by atoms with Crippen LogP contribution in [0.2, 0.25) is 5.02 Å². The minimum Gasteiger partial charge on any atom is -0.388 e. The van der Waals surface area contributed by atoms with Gasteiger partial charge in [0.25, 0.3) is 0 Å². The van der Waals surface area contributed by atoms with Gasteiger partial charge in [-0.2, -0.15) is 0 Å². The highest BCUT2D eigenvalue weighted by Gasteiger charge is 2.25. The Balaban J connectivity index is 2.42. The predicted octanol–water partition coefficient (Wildman–Crippen LogP) is 4.02. The third kappa shape index (κ3) is 3.04. The molecular formula is C15H14BrClFNO. The maximum Gasteiger partial charge on any atom is 0.142 e. The molecule has 0 aliphatic rings. The van der Waals surface area contributed by atoms with Crippen molar-refractivity contribution in [1.29, 1.82) is 0 Å². The number of rotatable bonds is 4. The monoisotopic (exact) mass is 357 g/mol. The molecule has 20 heavy (non-hydrogen) atoms. The molecule has 2 unspecified atom stereocenters. The Bertz CT molecular complexity index is 608. The molecule has 0 bridgehead atoms. The normalized spacial score (nSPS) is 14.1. The quantitative estimate of drug-likeness (QED) is 0.867. The van der Waals surface area contributed by atoms with Crippen molar-refractivity contribution in [3.8, 4) is 0 Å². The highest BCUT2D eigenvalue weighted by Crippen LogP contribution is 2.37. The van der Waals surface area contributed by atoms with Crippen LogP contribution in [0, 0.1) is 5.82 Å². The molecule has 2 rings (SSSR count). The molecule has 0 radical (unpaired) electrons. The summed E-state index contributed by atoms with van der Waals surface area (Å²) in [5.74, 6) is -0.920. The van der Waals surface area contributed by atoms with E-state index in [9.17, 15) is 9.50 Å². The van der Waals surface area contributed by atoms with Gasteiger partial charge in [-0.15, -0.1) is 0 Å². The first-order valence-corrected chi connectivity index (χ1v) is 7.29. The lowest BCUT2D eigenvalue weighted by molar-refractivity contribution is 0.147. The van der Waals surface area contributed by atoms with E-state index in [-0.39, 0.29) is 17.5 Å². The molecule has 0 saturated carbocycles. The molecule has 5 heteroatoms. The van der Waals surface area contributed by atoms with Gasteiger partial charge in [0.1, 0.15) is 5.82 Å². The van der Waals surface area contributed by atoms with Crippen molar-refractivity contribution in [2.75, 3.05) is 6.54 Å². The van der Waals surface area contributed by atoms with Gasteiger partial charge in [0.05, 0.1) is 11.1 Å². The van der Waals surface area contributed by atoms with Crippen LogP contribution in [0.25, 0.3) is 0 Å². The van der Waals surface area contributed by atoms with Crippen molar-refractivity contribution in [3.63, 3.8) is 0 Å². The Morgan fingerprint density at radius 3 is 2.45 bits per heavy atom. The summed E-state index contributed by atoms with van der Waals surface area (Å²) in [7, 11) is 0. The molecule has 2 atom stereocenters. The standard InChI is InChI=1S/C15H14BrClFNO/c16-12-6-2-1-4-9(12)11(8-19)15(20)10-5-3-7-13(18)14(10)17/h1-7,11,15,20H,8,19H2. The molecule has 0 amide bonds. The molecule has 0 aromatic heterocycles. The molecule has 0 fully saturated rings. The summed E-state index contributed by atoms with van der Waals surface area (Å²) < 4.78 is 14.4. The fourth-order valence-electron chi connectivity index (χ4n) is 2.17. The summed E-state index contributed by atoms with van der Waals surface area (Å²) in [6.07, 6.45) is -0.970. The third-order valence-electron chi connectivity index (χ3n) is 3.24. The Labute approximate surface area is 130 Å². The molecule has 2 aromatic carbocycles. The predicted molar refractivity (Wildman–Crippen MR) is 82.3 cm³/mol. The molecular weight excluding hydrogens is 345 g/mol. The van der Waals surface area contributed by atoms with Crippen LogP contribution in [0.5, 0.6) is 0 Å². The van der Waals surface area contributed by atoms with Crippen molar-refractivity contribution >= 4 is 27.5 Å². The Morgan fingerprint density at radius 2 is 1.80 bits per heavy atom. The van der Waals surface area contributed by atoms with E-state index in [0.717, 1.165) is 10.0 Å². The van der Waals surface area contributed by atoms with Crippen LogP contribution in [0.1, 0.15) is 23.1 Å². The van der Waals surface area contributed by atoms with Crippen LogP contribution >= 0.6 is 27.5 Å². The molecule has 0 heterocycles. The van der Waals surface area contributed by atoms with Gasteiger partial charge >= 0.3 is 0 Å². The lowest BCUT2D eigenvalue weighted by Crippen LogP contribution is -2.21. The van der Waals surface area contributed by atoms with Crippen LogP contribution < -0.4 is 5.73 Å². The molecule has 3 N–H and O–H groups in total. The van der Waals surface area contributed by atoms with Gasteiger partial charge < -0.3 is 10.8 Å². The molecule has 106 valence electrons. The van der Waals surface area contributed by atoms with Gasteiger partial charge in [0.2, 0.25) is 0 Å². The van der Waals surface area contributed by atoms with Gasteiger partial charge in [-0.25, -0.2) is 4.39 Å². The molecule has 2 nitrogen and oxygen atoms in total.